The molecule has 1 fully saturated rings. The number of benzene rings is 1. The number of hydrogen-bond acceptors (Lipinski definition) is 8. The number of esters is 2. The molecular formula is C25H34N4O7S. The molecule has 0 radical (unpaired) electrons. The molecule has 1 aliphatic rings. The van der Waals surface area contributed by atoms with Gasteiger partial charge in [-0.1, -0.05) is 17.7 Å². The summed E-state index contributed by atoms with van der Waals surface area (Å²) in [6.07, 6.45) is 3.55. The number of rotatable bonds is 8. The molecule has 12 heteroatoms. The van der Waals surface area contributed by atoms with Crippen molar-refractivity contribution in [2.75, 3.05) is 18.6 Å². The van der Waals surface area contributed by atoms with E-state index in [0.717, 1.165) is 10.5 Å². The number of hydrogen-bond donors (Lipinski definition) is 0. The highest BCUT2D eigenvalue weighted by atomic mass is 32.2. The normalized spacial score (nSPS) is 17.3. The van der Waals surface area contributed by atoms with Crippen LogP contribution < -0.4 is 4.90 Å². The zero-order chi connectivity index (χ0) is 27.5. The fourth-order valence-electron chi connectivity index (χ4n) is 4.14. The van der Waals surface area contributed by atoms with Crippen molar-refractivity contribution in [1.29, 1.82) is 0 Å². The highest BCUT2D eigenvalue weighted by molar-refractivity contribution is 7.89. The molecular weight excluding hydrogens is 500 g/mol. The Bertz CT molecular complexity index is 1250. The van der Waals surface area contributed by atoms with E-state index >= 15 is 0 Å². The van der Waals surface area contributed by atoms with E-state index in [9.17, 15) is 22.8 Å². The summed E-state index contributed by atoms with van der Waals surface area (Å²) < 4.78 is 39.6. The number of sulfonamides is 1. The first-order valence-electron chi connectivity index (χ1n) is 12.0. The Morgan fingerprint density at radius 3 is 2.43 bits per heavy atom. The van der Waals surface area contributed by atoms with Crippen molar-refractivity contribution >= 4 is 33.7 Å². The lowest BCUT2D eigenvalue weighted by molar-refractivity contribution is -0.155. The van der Waals surface area contributed by atoms with Gasteiger partial charge in [0.05, 0.1) is 18.3 Å². The molecule has 0 aliphatic carbocycles. The Kier molecular flexibility index (Phi) is 8.43. The van der Waals surface area contributed by atoms with Gasteiger partial charge in [-0.15, -0.1) is 0 Å². The molecule has 2 atom stereocenters. The van der Waals surface area contributed by atoms with Crippen molar-refractivity contribution in [3.63, 3.8) is 0 Å². The molecule has 2 heterocycles. The number of carbonyl (C=O) groups excluding carboxylic acids is 3. The Hall–Kier alpha value is -3.25. The molecule has 0 saturated carbocycles. The summed E-state index contributed by atoms with van der Waals surface area (Å²) in [5, 5.41) is 0. The summed E-state index contributed by atoms with van der Waals surface area (Å²) in [5.41, 5.74) is 0.240. The molecule has 0 N–H and O–H groups in total. The summed E-state index contributed by atoms with van der Waals surface area (Å²) in [4.78, 5) is 44.0. The van der Waals surface area contributed by atoms with Crippen molar-refractivity contribution in [1.82, 2.24) is 13.9 Å². The zero-order valence-corrected chi connectivity index (χ0v) is 22.8. The van der Waals surface area contributed by atoms with Crippen LogP contribution in [-0.2, 0) is 40.4 Å². The van der Waals surface area contributed by atoms with Gasteiger partial charge in [0.25, 0.3) is 0 Å². The largest absolute Gasteiger partial charge is 0.467 e. The Morgan fingerprint density at radius 1 is 1.19 bits per heavy atom. The van der Waals surface area contributed by atoms with Crippen molar-refractivity contribution in [2.45, 2.75) is 76.6 Å². The number of aryl methyl sites for hydroxylation is 1. The van der Waals surface area contributed by atoms with Crippen LogP contribution in [0.5, 0.6) is 0 Å². The van der Waals surface area contributed by atoms with Gasteiger partial charge in [-0.05, 0) is 59.6 Å². The summed E-state index contributed by atoms with van der Waals surface area (Å²) in [6, 6.07) is 4.29. The standard InChI is InChI=1S/C25H34N4O7S/c1-17-9-11-19(12-10-17)37(33,34)28-13-7-8-20(28)23(31)29(18(2)24(32)35-6)21-14-27(16-26-21)15-22(30)36-25(3,4)5/h9-12,14,16,18,20H,7-8,13,15H2,1-6H3/t18-,20-/m0/s1. The molecule has 2 aromatic rings. The quantitative estimate of drug-likeness (QED) is 0.472. The van der Waals surface area contributed by atoms with Gasteiger partial charge in [-0.3, -0.25) is 14.5 Å². The van der Waals surface area contributed by atoms with Gasteiger partial charge >= 0.3 is 11.9 Å². The highest BCUT2D eigenvalue weighted by Gasteiger charge is 2.44. The van der Waals surface area contributed by atoms with E-state index in [1.54, 1.807) is 32.9 Å². The number of methoxy groups -OCH3 is 1. The fraction of sp³-hybridized carbons (Fsp3) is 0.520. The Morgan fingerprint density at radius 2 is 1.84 bits per heavy atom. The summed E-state index contributed by atoms with van der Waals surface area (Å²) in [7, 11) is -2.76. The first-order valence-corrected chi connectivity index (χ1v) is 13.4. The minimum atomic E-state index is -3.96. The van der Waals surface area contributed by atoms with Crippen LogP contribution >= 0.6 is 0 Å². The lowest BCUT2D eigenvalue weighted by atomic mass is 10.1. The minimum Gasteiger partial charge on any atom is -0.467 e. The smallest absolute Gasteiger partial charge is 0.328 e. The molecule has 0 bridgehead atoms. The highest BCUT2D eigenvalue weighted by Crippen LogP contribution is 2.29. The molecule has 11 nitrogen and oxygen atoms in total. The fourth-order valence-corrected chi connectivity index (χ4v) is 5.79. The van der Waals surface area contributed by atoms with Crippen LogP contribution in [0.2, 0.25) is 0 Å². The van der Waals surface area contributed by atoms with Crippen molar-refractivity contribution in [3.05, 3.63) is 42.4 Å². The van der Waals surface area contributed by atoms with Crippen LogP contribution in [0, 0.1) is 6.92 Å². The molecule has 1 amide bonds. The molecule has 0 unspecified atom stereocenters. The number of carbonyl (C=O) groups is 3. The third-order valence-corrected chi connectivity index (χ3v) is 7.80. The predicted molar refractivity (Wildman–Crippen MR) is 135 cm³/mol. The van der Waals surface area contributed by atoms with Crippen LogP contribution in [0.4, 0.5) is 5.82 Å². The third kappa shape index (κ3) is 6.55. The van der Waals surface area contributed by atoms with E-state index in [0.29, 0.717) is 6.42 Å². The summed E-state index contributed by atoms with van der Waals surface area (Å²) in [6.45, 7) is 8.59. The van der Waals surface area contributed by atoms with E-state index < -0.39 is 45.6 Å². The van der Waals surface area contributed by atoms with Crippen molar-refractivity contribution < 1.29 is 32.3 Å². The van der Waals surface area contributed by atoms with E-state index in [2.05, 4.69) is 4.98 Å². The number of nitrogens with zero attached hydrogens (tertiary/aromatic N) is 4. The lowest BCUT2D eigenvalue weighted by Crippen LogP contribution is -2.53. The zero-order valence-electron chi connectivity index (χ0n) is 22.0. The van der Waals surface area contributed by atoms with Crippen LogP contribution in [0.1, 0.15) is 46.1 Å². The van der Waals surface area contributed by atoms with Gasteiger partial charge in [-0.25, -0.2) is 18.2 Å². The number of amides is 1. The maximum absolute atomic E-state index is 13.8. The van der Waals surface area contributed by atoms with Crippen LogP contribution in [0.3, 0.4) is 0 Å². The van der Waals surface area contributed by atoms with Crippen LogP contribution in [-0.4, -0.2) is 71.5 Å². The lowest BCUT2D eigenvalue weighted by Gasteiger charge is -2.31. The predicted octanol–water partition coefficient (Wildman–Crippen LogP) is 2.28. The van der Waals surface area contributed by atoms with Gasteiger partial charge in [0.2, 0.25) is 15.9 Å². The van der Waals surface area contributed by atoms with Crippen LogP contribution in [0.15, 0.2) is 41.7 Å². The van der Waals surface area contributed by atoms with Crippen LogP contribution in [0.25, 0.3) is 0 Å². The van der Waals surface area contributed by atoms with Gasteiger partial charge in [0.1, 0.15) is 24.2 Å². The molecule has 1 aliphatic heterocycles. The summed E-state index contributed by atoms with van der Waals surface area (Å²) >= 11 is 0. The maximum atomic E-state index is 13.8. The molecule has 1 saturated heterocycles. The summed E-state index contributed by atoms with van der Waals surface area (Å²) in [5.74, 6) is -1.71. The molecule has 1 aromatic carbocycles. The van der Waals surface area contributed by atoms with E-state index in [4.69, 9.17) is 9.47 Å². The molecule has 202 valence electrons. The second-order valence-electron chi connectivity index (χ2n) is 9.98. The number of aromatic nitrogens is 2. The average molecular weight is 535 g/mol. The monoisotopic (exact) mass is 534 g/mol. The molecule has 1 aromatic heterocycles. The molecule has 3 rings (SSSR count). The molecule has 0 spiro atoms. The van der Waals surface area contributed by atoms with E-state index in [1.807, 2.05) is 6.92 Å². The van der Waals surface area contributed by atoms with Gasteiger partial charge < -0.3 is 14.0 Å². The van der Waals surface area contributed by atoms with Crippen molar-refractivity contribution in [2.24, 2.45) is 0 Å². The van der Waals surface area contributed by atoms with Crippen molar-refractivity contribution in [3.8, 4) is 0 Å². The second kappa shape index (κ2) is 11.0. The van der Waals surface area contributed by atoms with E-state index in [-0.39, 0.29) is 30.2 Å². The maximum Gasteiger partial charge on any atom is 0.328 e. The second-order valence-corrected chi connectivity index (χ2v) is 11.9. The molecule has 37 heavy (non-hydrogen) atoms. The Labute approximate surface area is 217 Å². The topological polar surface area (TPSA) is 128 Å². The van der Waals surface area contributed by atoms with Gasteiger partial charge in [0, 0.05) is 12.7 Å². The number of ether oxygens (including phenoxy) is 2. The minimum absolute atomic E-state index is 0.0889. The van der Waals surface area contributed by atoms with Gasteiger partial charge in [-0.2, -0.15) is 4.31 Å². The Balaban J connectivity index is 1.92. The third-order valence-electron chi connectivity index (χ3n) is 5.88. The first kappa shape index (κ1) is 28.3. The average Bonchev–Trinajstić information content (AvgIpc) is 3.48. The first-order chi connectivity index (χ1) is 17.2. The van der Waals surface area contributed by atoms with E-state index in [1.165, 1.54) is 47.6 Å². The van der Waals surface area contributed by atoms with Gasteiger partial charge in [0.15, 0.2) is 5.82 Å². The number of anilines is 1. The number of imidazole rings is 1. The SMILES string of the molecule is COC(=O)[C@H](C)N(C(=O)[C@@H]1CCCN1S(=O)(=O)c1ccc(C)cc1)c1cn(CC(=O)OC(C)(C)C)cn1.